The summed E-state index contributed by atoms with van der Waals surface area (Å²) in [4.78, 5) is 0. The maximum atomic E-state index is 13.7. The van der Waals surface area contributed by atoms with Crippen LogP contribution in [0.15, 0.2) is 30.3 Å². The highest BCUT2D eigenvalue weighted by atomic mass is 19.4. The molecule has 0 bridgehead atoms. The Bertz CT molecular complexity index is 758. The summed E-state index contributed by atoms with van der Waals surface area (Å²) in [6, 6.07) is 4.94. The van der Waals surface area contributed by atoms with Crippen molar-refractivity contribution in [3.05, 3.63) is 41.5 Å². The summed E-state index contributed by atoms with van der Waals surface area (Å²) in [6.07, 6.45) is -6.12. The first kappa shape index (κ1) is 27.1. The van der Waals surface area contributed by atoms with E-state index in [1.165, 1.54) is 12.1 Å². The van der Waals surface area contributed by atoms with E-state index in [2.05, 4.69) is 0 Å². The van der Waals surface area contributed by atoms with Gasteiger partial charge in [-0.15, -0.1) is 0 Å². The van der Waals surface area contributed by atoms with Crippen molar-refractivity contribution in [2.45, 2.75) is 62.0 Å². The summed E-state index contributed by atoms with van der Waals surface area (Å²) >= 11 is 0. The Morgan fingerprint density at radius 2 is 1.10 bits per heavy atom. The molecule has 31 heavy (non-hydrogen) atoms. The molecule has 13 heteroatoms. The van der Waals surface area contributed by atoms with Gasteiger partial charge >= 0.3 is 35.8 Å². The molecule has 0 nitrogen and oxygen atoms in total. The van der Waals surface area contributed by atoms with Crippen molar-refractivity contribution in [3.63, 3.8) is 0 Å². The number of rotatable bonds is 9. The van der Waals surface area contributed by atoms with Gasteiger partial charge in [-0.25, -0.2) is 0 Å². The monoisotopic (exact) mass is 478 g/mol. The smallest absolute Gasteiger partial charge is 0.195 e. The Morgan fingerprint density at radius 1 is 0.645 bits per heavy atom. The van der Waals surface area contributed by atoms with Crippen LogP contribution < -0.4 is 0 Å². The van der Waals surface area contributed by atoms with Gasteiger partial charge in [-0.1, -0.05) is 43.7 Å². The molecule has 0 aliphatic rings. The maximum Gasteiger partial charge on any atom is 0.460 e. The quantitative estimate of drug-likeness (QED) is 0.318. The van der Waals surface area contributed by atoms with E-state index in [-0.39, 0.29) is 11.6 Å². The minimum Gasteiger partial charge on any atom is -0.195 e. The highest BCUT2D eigenvalue weighted by Crippen LogP contribution is 2.60. The van der Waals surface area contributed by atoms with Gasteiger partial charge in [-0.3, -0.25) is 0 Å². The predicted molar refractivity (Wildman–Crippen MR) is 84.9 cm³/mol. The molecule has 0 atom stereocenters. The molecule has 178 valence electrons. The molecule has 0 saturated carbocycles. The molecule has 0 unspecified atom stereocenters. The molecule has 0 saturated heterocycles. The number of hydrogen-bond acceptors (Lipinski definition) is 0. The third-order valence-electron chi connectivity index (χ3n) is 4.24. The first-order valence-electron chi connectivity index (χ1n) is 8.50. The fourth-order valence-corrected chi connectivity index (χ4v) is 2.26. The standard InChI is InChI=1S/C18H15F13/c1-2-3-4-11-5-7-12(8-6-11)9-10-13(19,20)14(21,22)15(23,24)16(25,26)17(27,28)18(29,30)31/h5-10H,2-4H2,1H3/b10-9+. The van der Waals surface area contributed by atoms with Gasteiger partial charge in [-0.2, -0.15) is 57.1 Å². The van der Waals surface area contributed by atoms with Crippen LogP contribution in [0.1, 0.15) is 30.9 Å². The van der Waals surface area contributed by atoms with Crippen molar-refractivity contribution in [2.75, 3.05) is 0 Å². The Balaban J connectivity index is 3.26. The van der Waals surface area contributed by atoms with Gasteiger partial charge in [0, 0.05) is 0 Å². The van der Waals surface area contributed by atoms with E-state index in [0.717, 1.165) is 25.0 Å². The number of allylic oxidation sites excluding steroid dienone is 1. The zero-order valence-electron chi connectivity index (χ0n) is 15.5. The second kappa shape index (κ2) is 8.53. The van der Waals surface area contributed by atoms with Crippen molar-refractivity contribution < 1.29 is 57.1 Å². The normalized spacial score (nSPS) is 15.0. The van der Waals surface area contributed by atoms with Crippen molar-refractivity contribution in [2.24, 2.45) is 0 Å². The van der Waals surface area contributed by atoms with E-state index in [0.29, 0.717) is 12.0 Å². The third-order valence-corrected chi connectivity index (χ3v) is 4.24. The van der Waals surface area contributed by atoms with Crippen LogP contribution in [0.2, 0.25) is 0 Å². The van der Waals surface area contributed by atoms with Crippen LogP contribution in [0.4, 0.5) is 57.1 Å². The molecule has 0 fully saturated rings. The SMILES string of the molecule is CCCCc1ccc(/C=C/C(F)(F)C(F)(F)C(F)(F)C(F)(F)C(F)(F)C(F)(F)F)cc1. The van der Waals surface area contributed by atoms with E-state index < -0.39 is 41.9 Å². The van der Waals surface area contributed by atoms with Gasteiger partial charge in [0.15, 0.2) is 0 Å². The molecule has 1 aromatic rings. The first-order chi connectivity index (χ1) is 13.8. The molecule has 0 N–H and O–H groups in total. The van der Waals surface area contributed by atoms with Gasteiger partial charge in [-0.05, 0) is 30.0 Å². The molecule has 0 aliphatic carbocycles. The number of benzene rings is 1. The molecule has 0 heterocycles. The average Bonchev–Trinajstić information content (AvgIpc) is 2.64. The second-order valence-corrected chi connectivity index (χ2v) is 6.60. The van der Waals surface area contributed by atoms with Crippen molar-refractivity contribution in [1.82, 2.24) is 0 Å². The topological polar surface area (TPSA) is 0 Å². The maximum absolute atomic E-state index is 13.7. The Hall–Kier alpha value is -1.95. The van der Waals surface area contributed by atoms with Crippen LogP contribution in [0.5, 0.6) is 0 Å². The molecule has 1 rings (SSSR count). The molecule has 0 aliphatic heterocycles. The lowest BCUT2D eigenvalue weighted by Gasteiger charge is -2.39. The van der Waals surface area contributed by atoms with Gasteiger partial charge < -0.3 is 0 Å². The summed E-state index contributed by atoms with van der Waals surface area (Å²) in [5, 5.41) is 0. The molecular formula is C18H15F13. The minimum absolute atomic E-state index is 0.119. The second-order valence-electron chi connectivity index (χ2n) is 6.60. The fraction of sp³-hybridized carbons (Fsp3) is 0.556. The van der Waals surface area contributed by atoms with E-state index in [9.17, 15) is 57.1 Å². The number of hydrogen-bond donors (Lipinski definition) is 0. The third kappa shape index (κ3) is 4.79. The Labute approximate surface area is 167 Å². The number of aryl methyl sites for hydroxylation is 1. The van der Waals surface area contributed by atoms with E-state index >= 15 is 0 Å². The molecule has 1 aromatic carbocycles. The Morgan fingerprint density at radius 3 is 1.52 bits per heavy atom. The van der Waals surface area contributed by atoms with E-state index in [4.69, 9.17) is 0 Å². The van der Waals surface area contributed by atoms with Crippen molar-refractivity contribution in [1.29, 1.82) is 0 Å². The summed E-state index contributed by atoms with van der Waals surface area (Å²) in [5.41, 5.74) is 0.433. The van der Waals surface area contributed by atoms with E-state index in [1.807, 2.05) is 6.92 Å². The molecular weight excluding hydrogens is 463 g/mol. The average molecular weight is 478 g/mol. The first-order valence-corrected chi connectivity index (χ1v) is 8.50. The van der Waals surface area contributed by atoms with Crippen LogP contribution in [0.25, 0.3) is 6.08 Å². The molecule has 0 aromatic heterocycles. The number of halogens is 13. The van der Waals surface area contributed by atoms with Crippen LogP contribution >= 0.6 is 0 Å². The van der Waals surface area contributed by atoms with Gasteiger partial charge in [0.25, 0.3) is 0 Å². The highest BCUT2D eigenvalue weighted by Gasteiger charge is 2.90. The molecule has 0 spiro atoms. The lowest BCUT2D eigenvalue weighted by Crippen LogP contribution is -2.69. The summed E-state index contributed by atoms with van der Waals surface area (Å²) in [7, 11) is 0. The van der Waals surface area contributed by atoms with Gasteiger partial charge in [0.05, 0.1) is 0 Å². The van der Waals surface area contributed by atoms with Crippen LogP contribution in [-0.2, 0) is 6.42 Å². The van der Waals surface area contributed by atoms with Crippen molar-refractivity contribution >= 4 is 6.08 Å². The fourth-order valence-electron chi connectivity index (χ4n) is 2.26. The summed E-state index contributed by atoms with van der Waals surface area (Å²) < 4.78 is 169. The van der Waals surface area contributed by atoms with Crippen LogP contribution in [-0.4, -0.2) is 35.8 Å². The lowest BCUT2D eigenvalue weighted by molar-refractivity contribution is -0.436. The largest absolute Gasteiger partial charge is 0.460 e. The number of alkyl halides is 13. The summed E-state index contributed by atoms with van der Waals surface area (Å²) in [6.45, 7) is 1.88. The van der Waals surface area contributed by atoms with Crippen LogP contribution in [0, 0.1) is 0 Å². The van der Waals surface area contributed by atoms with Crippen LogP contribution in [0.3, 0.4) is 0 Å². The lowest BCUT2D eigenvalue weighted by atomic mass is 9.93. The molecule has 0 radical (unpaired) electrons. The van der Waals surface area contributed by atoms with Gasteiger partial charge in [0.2, 0.25) is 0 Å². The number of unbranched alkanes of at least 4 members (excludes halogenated alkanes) is 1. The molecule has 0 amide bonds. The zero-order valence-corrected chi connectivity index (χ0v) is 15.5. The Kier molecular flexibility index (Phi) is 7.45. The van der Waals surface area contributed by atoms with Crippen molar-refractivity contribution in [3.8, 4) is 0 Å². The summed E-state index contributed by atoms with van der Waals surface area (Å²) in [5.74, 6) is -36.9. The highest BCUT2D eigenvalue weighted by molar-refractivity contribution is 5.51. The van der Waals surface area contributed by atoms with Gasteiger partial charge in [0.1, 0.15) is 0 Å². The minimum atomic E-state index is -7.89. The predicted octanol–water partition coefficient (Wildman–Crippen LogP) is 7.78. The van der Waals surface area contributed by atoms with E-state index in [1.54, 1.807) is 0 Å². The zero-order chi connectivity index (χ0) is 24.5.